The van der Waals surface area contributed by atoms with Gasteiger partial charge < -0.3 is 10.5 Å². The summed E-state index contributed by atoms with van der Waals surface area (Å²) in [6.45, 7) is 3.25. The Morgan fingerprint density at radius 2 is 2.16 bits per heavy atom. The molecule has 0 bridgehead atoms. The molecule has 0 atom stereocenters. The number of nitrogens with zero attached hydrogens (tertiary/aromatic N) is 1. The van der Waals surface area contributed by atoms with E-state index in [1.807, 2.05) is 6.92 Å². The van der Waals surface area contributed by atoms with Gasteiger partial charge >= 0.3 is 10.2 Å². The average molecular weight is 287 g/mol. The molecule has 1 aromatic rings. The zero-order valence-corrected chi connectivity index (χ0v) is 12.1. The third-order valence-corrected chi connectivity index (χ3v) is 3.98. The first-order valence-corrected chi connectivity index (χ1v) is 7.60. The third kappa shape index (κ3) is 5.06. The fraction of sp³-hybridized carbons (Fsp3) is 0.500. The number of anilines is 1. The quantitative estimate of drug-likeness (QED) is 0.747. The molecule has 0 spiro atoms. The molecule has 3 N–H and O–H groups in total. The minimum atomic E-state index is -3.55. The second-order valence-corrected chi connectivity index (χ2v) is 5.81. The molecule has 0 radical (unpaired) electrons. The van der Waals surface area contributed by atoms with Crippen LogP contribution in [0.1, 0.15) is 13.3 Å². The molecule has 0 heterocycles. The maximum absolute atomic E-state index is 12.0. The van der Waals surface area contributed by atoms with Crippen LogP contribution in [0.4, 0.5) is 5.69 Å². The molecular weight excluding hydrogens is 266 g/mol. The zero-order valence-electron chi connectivity index (χ0n) is 11.3. The SMILES string of the molecule is CCOc1cccc(NS(=O)(=O)N(C)CCCN)c1. The van der Waals surface area contributed by atoms with Crippen LogP contribution in [0.2, 0.25) is 0 Å². The molecule has 0 aromatic heterocycles. The summed E-state index contributed by atoms with van der Waals surface area (Å²) >= 11 is 0. The lowest BCUT2D eigenvalue weighted by Crippen LogP contribution is -2.34. The average Bonchev–Trinajstić information content (AvgIpc) is 2.36. The monoisotopic (exact) mass is 287 g/mol. The highest BCUT2D eigenvalue weighted by molar-refractivity contribution is 7.90. The first-order chi connectivity index (χ1) is 8.99. The lowest BCUT2D eigenvalue weighted by molar-refractivity contribution is 0.340. The topological polar surface area (TPSA) is 84.7 Å². The summed E-state index contributed by atoms with van der Waals surface area (Å²) in [4.78, 5) is 0. The normalized spacial score (nSPS) is 11.6. The van der Waals surface area contributed by atoms with Crippen LogP contribution in [0.25, 0.3) is 0 Å². The van der Waals surface area contributed by atoms with Crippen LogP contribution in [0.3, 0.4) is 0 Å². The molecule has 0 aliphatic carbocycles. The van der Waals surface area contributed by atoms with Crippen molar-refractivity contribution in [2.75, 3.05) is 31.5 Å². The summed E-state index contributed by atoms with van der Waals surface area (Å²) in [5.41, 5.74) is 5.84. The summed E-state index contributed by atoms with van der Waals surface area (Å²) in [6, 6.07) is 6.84. The van der Waals surface area contributed by atoms with Gasteiger partial charge in [0.1, 0.15) is 5.75 Å². The lowest BCUT2D eigenvalue weighted by Gasteiger charge is -2.18. The molecule has 0 saturated heterocycles. The van der Waals surface area contributed by atoms with E-state index in [2.05, 4.69) is 4.72 Å². The van der Waals surface area contributed by atoms with E-state index in [1.165, 1.54) is 11.4 Å². The maximum Gasteiger partial charge on any atom is 0.301 e. The van der Waals surface area contributed by atoms with Crippen LogP contribution in [-0.4, -0.2) is 39.5 Å². The number of benzene rings is 1. The number of hydrogen-bond acceptors (Lipinski definition) is 4. The van der Waals surface area contributed by atoms with E-state index in [9.17, 15) is 8.42 Å². The van der Waals surface area contributed by atoms with Crippen LogP contribution < -0.4 is 15.2 Å². The molecule has 0 unspecified atom stereocenters. The highest BCUT2D eigenvalue weighted by Gasteiger charge is 2.16. The predicted octanol–water partition coefficient (Wildman–Crippen LogP) is 1.02. The van der Waals surface area contributed by atoms with E-state index in [-0.39, 0.29) is 0 Å². The van der Waals surface area contributed by atoms with E-state index >= 15 is 0 Å². The van der Waals surface area contributed by atoms with Gasteiger partial charge in [-0.05, 0) is 32.0 Å². The Kier molecular flexibility index (Phi) is 6.07. The molecule has 19 heavy (non-hydrogen) atoms. The van der Waals surface area contributed by atoms with Crippen LogP contribution >= 0.6 is 0 Å². The highest BCUT2D eigenvalue weighted by Crippen LogP contribution is 2.18. The summed E-state index contributed by atoms with van der Waals surface area (Å²) in [5.74, 6) is 0.632. The molecule has 7 heteroatoms. The minimum Gasteiger partial charge on any atom is -0.494 e. The largest absolute Gasteiger partial charge is 0.494 e. The highest BCUT2D eigenvalue weighted by atomic mass is 32.2. The fourth-order valence-corrected chi connectivity index (χ4v) is 2.43. The number of nitrogens with two attached hydrogens (primary N) is 1. The van der Waals surface area contributed by atoms with Gasteiger partial charge in [0.25, 0.3) is 0 Å². The van der Waals surface area contributed by atoms with Crippen molar-refractivity contribution in [3.8, 4) is 5.75 Å². The van der Waals surface area contributed by atoms with E-state index in [4.69, 9.17) is 10.5 Å². The van der Waals surface area contributed by atoms with Gasteiger partial charge in [0, 0.05) is 19.7 Å². The van der Waals surface area contributed by atoms with Gasteiger partial charge in [-0.25, -0.2) is 0 Å². The Hall–Kier alpha value is -1.31. The van der Waals surface area contributed by atoms with Gasteiger partial charge in [0.15, 0.2) is 0 Å². The van der Waals surface area contributed by atoms with E-state index < -0.39 is 10.2 Å². The number of rotatable bonds is 8. The Morgan fingerprint density at radius 3 is 2.79 bits per heavy atom. The Labute approximate surface area is 114 Å². The van der Waals surface area contributed by atoms with E-state index in [1.54, 1.807) is 24.3 Å². The van der Waals surface area contributed by atoms with Gasteiger partial charge in [-0.2, -0.15) is 12.7 Å². The molecule has 0 saturated carbocycles. The Morgan fingerprint density at radius 1 is 1.42 bits per heavy atom. The van der Waals surface area contributed by atoms with Crippen molar-refractivity contribution in [2.24, 2.45) is 5.73 Å². The summed E-state index contributed by atoms with van der Waals surface area (Å²) in [7, 11) is -2.03. The van der Waals surface area contributed by atoms with Crippen LogP contribution in [0.15, 0.2) is 24.3 Å². The first-order valence-electron chi connectivity index (χ1n) is 6.16. The van der Waals surface area contributed by atoms with Gasteiger partial charge in [-0.15, -0.1) is 0 Å². The zero-order chi connectivity index (χ0) is 14.3. The van der Waals surface area contributed by atoms with Crippen molar-refractivity contribution in [2.45, 2.75) is 13.3 Å². The van der Waals surface area contributed by atoms with Crippen molar-refractivity contribution >= 4 is 15.9 Å². The predicted molar refractivity (Wildman–Crippen MR) is 76.5 cm³/mol. The second-order valence-electron chi connectivity index (χ2n) is 4.03. The van der Waals surface area contributed by atoms with Gasteiger partial charge in [0.2, 0.25) is 0 Å². The van der Waals surface area contributed by atoms with Gasteiger partial charge in [-0.3, -0.25) is 4.72 Å². The molecule has 1 aromatic carbocycles. The second kappa shape index (κ2) is 7.32. The Balaban J connectivity index is 2.74. The molecule has 1 rings (SSSR count). The van der Waals surface area contributed by atoms with Crippen molar-refractivity contribution in [3.05, 3.63) is 24.3 Å². The standard InChI is InChI=1S/C12H21N3O3S/c1-3-18-12-7-4-6-11(10-12)14-19(16,17)15(2)9-5-8-13/h4,6-7,10,14H,3,5,8-9,13H2,1-2H3. The molecule has 6 nitrogen and oxygen atoms in total. The molecule has 108 valence electrons. The number of hydrogen-bond donors (Lipinski definition) is 2. The summed E-state index contributed by atoms with van der Waals surface area (Å²) in [6.07, 6.45) is 0.621. The first kappa shape index (κ1) is 15.7. The molecule has 0 aliphatic rings. The third-order valence-electron chi connectivity index (χ3n) is 2.48. The number of nitrogens with one attached hydrogen (secondary N) is 1. The van der Waals surface area contributed by atoms with Crippen molar-refractivity contribution in [3.63, 3.8) is 0 Å². The van der Waals surface area contributed by atoms with Crippen LogP contribution in [0.5, 0.6) is 5.75 Å². The smallest absolute Gasteiger partial charge is 0.301 e. The maximum atomic E-state index is 12.0. The van der Waals surface area contributed by atoms with Crippen molar-refractivity contribution in [1.29, 1.82) is 0 Å². The van der Waals surface area contributed by atoms with E-state index in [0.29, 0.717) is 37.6 Å². The van der Waals surface area contributed by atoms with Crippen LogP contribution in [0, 0.1) is 0 Å². The molecular formula is C12H21N3O3S. The summed E-state index contributed by atoms with van der Waals surface area (Å²) < 4.78 is 33.1. The lowest BCUT2D eigenvalue weighted by atomic mass is 10.3. The van der Waals surface area contributed by atoms with Crippen LogP contribution in [-0.2, 0) is 10.2 Å². The molecule has 0 fully saturated rings. The van der Waals surface area contributed by atoms with Gasteiger partial charge in [0.05, 0.1) is 12.3 Å². The van der Waals surface area contributed by atoms with Crippen molar-refractivity contribution in [1.82, 2.24) is 4.31 Å². The fourth-order valence-electron chi connectivity index (χ4n) is 1.48. The minimum absolute atomic E-state index is 0.386. The summed E-state index contributed by atoms with van der Waals surface area (Å²) in [5, 5.41) is 0. The molecule has 0 aliphatic heterocycles. The van der Waals surface area contributed by atoms with E-state index in [0.717, 1.165) is 0 Å². The van der Waals surface area contributed by atoms with Crippen molar-refractivity contribution < 1.29 is 13.2 Å². The Bertz CT molecular complexity index is 491. The van der Waals surface area contributed by atoms with Gasteiger partial charge in [-0.1, -0.05) is 6.07 Å². The number of ether oxygens (including phenoxy) is 1. The molecule has 0 amide bonds.